The summed E-state index contributed by atoms with van der Waals surface area (Å²) in [7, 11) is 0. The third-order valence-corrected chi connectivity index (χ3v) is 6.30. The van der Waals surface area contributed by atoms with Gasteiger partial charge in [-0.15, -0.1) is 0 Å². The number of hydrogen-bond acceptors (Lipinski definition) is 5. The van der Waals surface area contributed by atoms with Crippen LogP contribution < -0.4 is 5.32 Å². The van der Waals surface area contributed by atoms with Gasteiger partial charge in [-0.1, -0.05) is 25.3 Å². The second-order valence-electron chi connectivity index (χ2n) is 8.51. The molecule has 3 aliphatic rings. The van der Waals surface area contributed by atoms with Gasteiger partial charge in [0.1, 0.15) is 6.04 Å². The first-order valence-electron chi connectivity index (χ1n) is 11.0. The number of ether oxygens (including phenoxy) is 1. The Morgan fingerprint density at radius 1 is 1.17 bits per heavy atom. The van der Waals surface area contributed by atoms with Crippen LogP contribution in [0.4, 0.5) is 0 Å². The predicted molar refractivity (Wildman–Crippen MR) is 109 cm³/mol. The zero-order chi connectivity index (χ0) is 20.9. The van der Waals surface area contributed by atoms with Gasteiger partial charge in [-0.3, -0.25) is 19.4 Å². The van der Waals surface area contributed by atoms with Crippen LogP contribution >= 0.6 is 0 Å². The molecule has 2 aliphatic heterocycles. The molecule has 0 bridgehead atoms. The molecule has 3 fully saturated rings. The van der Waals surface area contributed by atoms with Crippen molar-refractivity contribution < 1.29 is 19.1 Å². The molecule has 0 spiro atoms. The lowest BCUT2D eigenvalue weighted by Gasteiger charge is -2.34. The average Bonchev–Trinajstić information content (AvgIpc) is 3.14. The monoisotopic (exact) mass is 414 g/mol. The molecule has 1 aromatic rings. The van der Waals surface area contributed by atoms with Crippen molar-refractivity contribution >= 4 is 17.7 Å². The highest BCUT2D eigenvalue weighted by Crippen LogP contribution is 2.25. The topological polar surface area (TPSA) is 91.8 Å². The first kappa shape index (κ1) is 20.8. The number of aromatic nitrogens is 1. The van der Waals surface area contributed by atoms with Crippen LogP contribution in [0, 0.1) is 0 Å². The van der Waals surface area contributed by atoms with Crippen LogP contribution in [0.25, 0.3) is 0 Å². The summed E-state index contributed by atoms with van der Waals surface area (Å²) in [6.45, 7) is 1.27. The van der Waals surface area contributed by atoms with Crippen LogP contribution in [0.2, 0.25) is 0 Å². The van der Waals surface area contributed by atoms with Gasteiger partial charge in [-0.05, 0) is 30.9 Å². The zero-order valence-electron chi connectivity index (χ0n) is 17.3. The van der Waals surface area contributed by atoms with Gasteiger partial charge in [-0.2, -0.15) is 0 Å². The lowest BCUT2D eigenvalue weighted by atomic mass is 9.94. The molecule has 3 amide bonds. The molecule has 162 valence electrons. The zero-order valence-corrected chi connectivity index (χ0v) is 17.3. The van der Waals surface area contributed by atoms with Gasteiger partial charge < -0.3 is 19.9 Å². The molecule has 2 atom stereocenters. The molecule has 8 heteroatoms. The van der Waals surface area contributed by atoms with Crippen molar-refractivity contribution in [2.24, 2.45) is 0 Å². The van der Waals surface area contributed by atoms with Gasteiger partial charge in [-0.25, -0.2) is 0 Å². The van der Waals surface area contributed by atoms with Gasteiger partial charge in [0.2, 0.25) is 17.7 Å². The Balaban J connectivity index is 1.48. The fraction of sp³-hybridized carbons (Fsp3) is 0.636. The normalized spacial score (nSPS) is 25.9. The van der Waals surface area contributed by atoms with E-state index in [1.165, 1.54) is 6.42 Å². The maximum Gasteiger partial charge on any atom is 0.245 e. The molecule has 3 heterocycles. The van der Waals surface area contributed by atoms with E-state index in [-0.39, 0.29) is 36.4 Å². The summed E-state index contributed by atoms with van der Waals surface area (Å²) >= 11 is 0. The number of rotatable bonds is 5. The van der Waals surface area contributed by atoms with Crippen molar-refractivity contribution in [1.82, 2.24) is 20.1 Å². The number of carbonyl (C=O) groups is 3. The van der Waals surface area contributed by atoms with Crippen molar-refractivity contribution in [3.8, 4) is 0 Å². The molecule has 2 saturated heterocycles. The highest BCUT2D eigenvalue weighted by atomic mass is 16.5. The number of nitrogens with one attached hydrogen (secondary N) is 1. The molecule has 8 nitrogen and oxygen atoms in total. The first-order chi connectivity index (χ1) is 14.6. The molecule has 4 rings (SSSR count). The Kier molecular flexibility index (Phi) is 6.62. The molecule has 0 aromatic carbocycles. The summed E-state index contributed by atoms with van der Waals surface area (Å²) in [5.41, 5.74) is 0.957. The van der Waals surface area contributed by atoms with Crippen LogP contribution in [0.3, 0.4) is 0 Å². The summed E-state index contributed by atoms with van der Waals surface area (Å²) in [5, 5.41) is 2.73. The number of amides is 3. The van der Waals surface area contributed by atoms with Crippen LogP contribution in [0.15, 0.2) is 24.5 Å². The first-order valence-corrected chi connectivity index (χ1v) is 11.0. The summed E-state index contributed by atoms with van der Waals surface area (Å²) in [6.07, 6.45) is 9.53. The summed E-state index contributed by atoms with van der Waals surface area (Å²) < 4.78 is 6.17. The Hall–Kier alpha value is -2.48. The minimum absolute atomic E-state index is 0.0212. The van der Waals surface area contributed by atoms with Crippen molar-refractivity contribution in [3.63, 3.8) is 0 Å². The molecular weight excluding hydrogens is 384 g/mol. The Labute approximate surface area is 177 Å². The Morgan fingerprint density at radius 3 is 2.70 bits per heavy atom. The predicted octanol–water partition coefficient (Wildman–Crippen LogP) is 1.25. The minimum Gasteiger partial charge on any atom is -0.370 e. The molecule has 1 aliphatic carbocycles. The van der Waals surface area contributed by atoms with Crippen molar-refractivity contribution in [2.45, 2.75) is 69.7 Å². The van der Waals surface area contributed by atoms with E-state index in [9.17, 15) is 14.4 Å². The number of pyridine rings is 1. The van der Waals surface area contributed by atoms with E-state index in [1.54, 1.807) is 17.3 Å². The van der Waals surface area contributed by atoms with Gasteiger partial charge in [0.05, 0.1) is 19.3 Å². The number of hydrogen-bond donors (Lipinski definition) is 1. The third-order valence-electron chi connectivity index (χ3n) is 6.30. The van der Waals surface area contributed by atoms with E-state index in [4.69, 9.17) is 4.74 Å². The van der Waals surface area contributed by atoms with E-state index in [2.05, 4.69) is 10.3 Å². The third kappa shape index (κ3) is 4.98. The molecule has 1 aromatic heterocycles. The fourth-order valence-electron chi connectivity index (χ4n) is 4.68. The Bertz CT molecular complexity index is 766. The summed E-state index contributed by atoms with van der Waals surface area (Å²) in [5.74, 6) is -0.315. The Morgan fingerprint density at radius 2 is 2.00 bits per heavy atom. The van der Waals surface area contributed by atoms with Crippen LogP contribution in [0.1, 0.15) is 50.5 Å². The SMILES string of the molecule is O=C1CC[C@@H](C(=O)N2CC(=O)N(C3CCCCC3)C[C@H](OCc3cccnc3)C2)N1. The smallest absolute Gasteiger partial charge is 0.245 e. The summed E-state index contributed by atoms with van der Waals surface area (Å²) in [6, 6.07) is 3.50. The van der Waals surface area contributed by atoms with E-state index in [0.29, 0.717) is 32.5 Å². The quantitative estimate of drug-likeness (QED) is 0.783. The van der Waals surface area contributed by atoms with Gasteiger partial charge in [0.15, 0.2) is 0 Å². The fourth-order valence-corrected chi connectivity index (χ4v) is 4.68. The number of carbonyl (C=O) groups excluding carboxylic acids is 3. The van der Waals surface area contributed by atoms with E-state index >= 15 is 0 Å². The van der Waals surface area contributed by atoms with Gasteiger partial charge >= 0.3 is 0 Å². The van der Waals surface area contributed by atoms with Crippen LogP contribution in [-0.2, 0) is 25.7 Å². The molecule has 30 heavy (non-hydrogen) atoms. The molecule has 0 unspecified atom stereocenters. The van der Waals surface area contributed by atoms with Gasteiger partial charge in [0.25, 0.3) is 0 Å². The largest absolute Gasteiger partial charge is 0.370 e. The van der Waals surface area contributed by atoms with Crippen LogP contribution in [-0.4, -0.2) is 70.3 Å². The van der Waals surface area contributed by atoms with Crippen molar-refractivity contribution in [2.75, 3.05) is 19.6 Å². The van der Waals surface area contributed by atoms with E-state index < -0.39 is 6.04 Å². The maximum absolute atomic E-state index is 13.1. The standard InChI is InChI=1S/C22H30N4O4/c27-20-9-8-19(24-20)22(29)25-12-18(30-15-16-5-4-10-23-11-16)13-26(21(28)14-25)17-6-2-1-3-7-17/h4-5,10-11,17-19H,1-3,6-9,12-15H2,(H,24,27)/t18-,19+/m1/s1. The molecule has 1 saturated carbocycles. The summed E-state index contributed by atoms with van der Waals surface area (Å²) in [4.78, 5) is 45.3. The van der Waals surface area contributed by atoms with E-state index in [1.807, 2.05) is 17.0 Å². The molecule has 1 N–H and O–H groups in total. The molecule has 0 radical (unpaired) electrons. The van der Waals surface area contributed by atoms with Gasteiger partial charge in [0, 0.05) is 37.9 Å². The molecular formula is C22H30N4O4. The number of nitrogens with zero attached hydrogens (tertiary/aromatic N) is 3. The minimum atomic E-state index is -0.537. The second-order valence-corrected chi connectivity index (χ2v) is 8.51. The second kappa shape index (κ2) is 9.55. The van der Waals surface area contributed by atoms with Crippen LogP contribution in [0.5, 0.6) is 0 Å². The van der Waals surface area contributed by atoms with Crippen molar-refractivity contribution in [1.29, 1.82) is 0 Å². The van der Waals surface area contributed by atoms with Crippen molar-refractivity contribution in [3.05, 3.63) is 30.1 Å². The highest BCUT2D eigenvalue weighted by molar-refractivity contribution is 5.93. The highest BCUT2D eigenvalue weighted by Gasteiger charge is 2.38. The van der Waals surface area contributed by atoms with E-state index in [0.717, 1.165) is 31.2 Å². The maximum atomic E-state index is 13.1. The lowest BCUT2D eigenvalue weighted by molar-refractivity contribution is -0.141. The average molecular weight is 415 g/mol. The lowest BCUT2D eigenvalue weighted by Crippen LogP contribution is -2.48.